The number of non-ortho nitro benzene ring substituents is 1. The Hall–Kier alpha value is -5.46. The first kappa shape index (κ1) is 31.1. The van der Waals surface area contributed by atoms with Crippen molar-refractivity contribution in [3.63, 3.8) is 0 Å². The van der Waals surface area contributed by atoms with E-state index in [1.807, 2.05) is 0 Å². The van der Waals surface area contributed by atoms with Crippen LogP contribution in [0.15, 0.2) is 65.8 Å². The summed E-state index contributed by atoms with van der Waals surface area (Å²) in [5.74, 6) is 0.00456. The van der Waals surface area contributed by atoms with Crippen LogP contribution in [0.3, 0.4) is 0 Å². The number of hydrogen-bond donors (Lipinski definition) is 2. The molecule has 0 saturated heterocycles. The highest BCUT2D eigenvalue weighted by atomic mass is 16.6. The van der Waals surface area contributed by atoms with E-state index in [1.54, 1.807) is 37.3 Å². The van der Waals surface area contributed by atoms with Crippen LogP contribution in [0.1, 0.15) is 46.0 Å². The van der Waals surface area contributed by atoms with Crippen LogP contribution in [0.25, 0.3) is 0 Å². The number of rotatable bonds is 14. The molecule has 220 valence electrons. The van der Waals surface area contributed by atoms with E-state index in [0.29, 0.717) is 35.8 Å². The maximum atomic E-state index is 12.7. The number of nitro benzene ring substituents is 1. The molecule has 13 nitrogen and oxygen atoms in total. The number of carbonyl (C=O) groups is 3. The molecule has 3 aromatic carbocycles. The summed E-state index contributed by atoms with van der Waals surface area (Å²) >= 11 is 0. The highest BCUT2D eigenvalue weighted by Crippen LogP contribution is 2.31. The maximum absolute atomic E-state index is 12.7. The Morgan fingerprint density at radius 1 is 0.905 bits per heavy atom. The van der Waals surface area contributed by atoms with Crippen LogP contribution in [0.5, 0.6) is 23.0 Å². The predicted octanol–water partition coefficient (Wildman–Crippen LogP) is 3.89. The average molecular weight is 579 g/mol. The zero-order valence-electron chi connectivity index (χ0n) is 23.2. The number of benzene rings is 3. The number of hydrogen-bond acceptors (Lipinski definition) is 10. The van der Waals surface area contributed by atoms with Crippen LogP contribution in [-0.2, 0) is 4.79 Å². The largest absolute Gasteiger partial charge is 0.493 e. The predicted molar refractivity (Wildman–Crippen MR) is 153 cm³/mol. The molecule has 0 unspecified atom stereocenters. The number of hydrazone groups is 1. The minimum atomic E-state index is -0.616. The van der Waals surface area contributed by atoms with E-state index in [-0.39, 0.29) is 41.4 Å². The summed E-state index contributed by atoms with van der Waals surface area (Å²) in [6, 6.07) is 14.7. The van der Waals surface area contributed by atoms with Gasteiger partial charge in [0, 0.05) is 30.7 Å². The number of esters is 1. The van der Waals surface area contributed by atoms with Crippen LogP contribution >= 0.6 is 0 Å². The summed E-state index contributed by atoms with van der Waals surface area (Å²) in [5, 5.41) is 17.3. The van der Waals surface area contributed by atoms with Crippen molar-refractivity contribution in [2.24, 2.45) is 5.10 Å². The number of carbonyl (C=O) groups excluding carboxylic acids is 3. The number of nitro groups is 1. The van der Waals surface area contributed by atoms with Crippen molar-refractivity contribution in [1.82, 2.24) is 10.7 Å². The molecular formula is C29H30N4O9. The van der Waals surface area contributed by atoms with E-state index >= 15 is 0 Å². The van der Waals surface area contributed by atoms with Crippen LogP contribution in [0.2, 0.25) is 0 Å². The van der Waals surface area contributed by atoms with Crippen LogP contribution in [0.4, 0.5) is 5.69 Å². The second-order valence-corrected chi connectivity index (χ2v) is 8.56. The van der Waals surface area contributed by atoms with Gasteiger partial charge in [0.15, 0.2) is 23.0 Å². The summed E-state index contributed by atoms with van der Waals surface area (Å²) in [5.41, 5.74) is 3.43. The molecule has 2 amide bonds. The molecule has 0 atom stereocenters. The molecule has 0 fully saturated rings. The van der Waals surface area contributed by atoms with E-state index in [2.05, 4.69) is 15.8 Å². The third kappa shape index (κ3) is 8.78. The lowest BCUT2D eigenvalue weighted by Crippen LogP contribution is -2.26. The molecule has 0 aliphatic carbocycles. The summed E-state index contributed by atoms with van der Waals surface area (Å²) in [6.45, 7) is 2.34. The summed E-state index contributed by atoms with van der Waals surface area (Å²) in [7, 11) is 2.96. The molecule has 0 saturated carbocycles. The second-order valence-electron chi connectivity index (χ2n) is 8.56. The Kier molecular flexibility index (Phi) is 11.4. The molecule has 0 aliphatic rings. The van der Waals surface area contributed by atoms with Gasteiger partial charge >= 0.3 is 5.97 Å². The highest BCUT2D eigenvalue weighted by molar-refractivity contribution is 5.94. The first-order valence-electron chi connectivity index (χ1n) is 12.8. The summed E-state index contributed by atoms with van der Waals surface area (Å²) in [6.07, 6.45) is 1.87. The fourth-order valence-electron chi connectivity index (χ4n) is 3.60. The van der Waals surface area contributed by atoms with Crippen molar-refractivity contribution in [3.8, 4) is 23.0 Å². The Balaban J connectivity index is 1.49. The molecule has 0 aliphatic heterocycles. The molecule has 3 rings (SSSR count). The molecule has 0 bridgehead atoms. The third-order valence-electron chi connectivity index (χ3n) is 5.70. The highest BCUT2D eigenvalue weighted by Gasteiger charge is 2.16. The standard InChI is InChI=1S/C29H30N4O9/c1-4-41-26-16-19(7-13-24(26)42-29(36)21-10-14-23(39-2)25(17-21)40-3)18-31-32-27(34)6-5-15-30-28(35)20-8-11-22(12-9-20)33(37)38/h7-14,16-18H,4-6,15H2,1-3H3,(H,30,35)(H,32,34). The molecule has 0 spiro atoms. The summed E-state index contributed by atoms with van der Waals surface area (Å²) < 4.78 is 21.6. The second kappa shape index (κ2) is 15.4. The molecule has 3 aromatic rings. The molecule has 0 aromatic heterocycles. The van der Waals surface area contributed by atoms with Crippen LogP contribution in [-0.4, -0.2) is 56.3 Å². The Morgan fingerprint density at radius 2 is 1.60 bits per heavy atom. The lowest BCUT2D eigenvalue weighted by molar-refractivity contribution is -0.384. The SMILES string of the molecule is CCOc1cc(C=NNC(=O)CCCNC(=O)c2ccc([N+](=O)[O-])cc2)ccc1OC(=O)c1ccc(OC)c(OC)c1. The number of nitrogens with one attached hydrogen (secondary N) is 2. The minimum Gasteiger partial charge on any atom is -0.493 e. The first-order chi connectivity index (χ1) is 20.2. The van der Waals surface area contributed by atoms with Gasteiger partial charge in [-0.1, -0.05) is 0 Å². The van der Waals surface area contributed by atoms with Gasteiger partial charge in [0.2, 0.25) is 5.91 Å². The van der Waals surface area contributed by atoms with Gasteiger partial charge in [-0.3, -0.25) is 19.7 Å². The van der Waals surface area contributed by atoms with Crippen molar-refractivity contribution < 1.29 is 38.3 Å². The average Bonchev–Trinajstić information content (AvgIpc) is 3.00. The zero-order valence-corrected chi connectivity index (χ0v) is 23.2. The molecule has 0 heterocycles. The Labute approximate surface area is 241 Å². The van der Waals surface area contributed by atoms with Gasteiger partial charge in [-0.05, 0) is 67.4 Å². The number of ether oxygens (including phenoxy) is 4. The Morgan fingerprint density at radius 3 is 2.26 bits per heavy atom. The number of methoxy groups -OCH3 is 2. The Bertz CT molecular complexity index is 1460. The lowest BCUT2D eigenvalue weighted by atomic mass is 10.2. The maximum Gasteiger partial charge on any atom is 0.343 e. The van der Waals surface area contributed by atoms with Crippen molar-refractivity contribution in [2.75, 3.05) is 27.4 Å². The van der Waals surface area contributed by atoms with Gasteiger partial charge in [-0.2, -0.15) is 5.10 Å². The van der Waals surface area contributed by atoms with Crippen molar-refractivity contribution >= 4 is 29.7 Å². The minimum absolute atomic E-state index is 0.104. The number of amides is 2. The zero-order chi connectivity index (χ0) is 30.5. The van der Waals surface area contributed by atoms with Gasteiger partial charge in [-0.25, -0.2) is 10.2 Å². The van der Waals surface area contributed by atoms with Crippen LogP contribution < -0.4 is 29.7 Å². The fraction of sp³-hybridized carbons (Fsp3) is 0.241. The quantitative estimate of drug-likeness (QED) is 0.0720. The number of nitrogens with zero attached hydrogens (tertiary/aromatic N) is 2. The van der Waals surface area contributed by atoms with E-state index in [1.165, 1.54) is 50.8 Å². The molecule has 2 N–H and O–H groups in total. The molecular weight excluding hydrogens is 548 g/mol. The van der Waals surface area contributed by atoms with E-state index in [9.17, 15) is 24.5 Å². The van der Waals surface area contributed by atoms with E-state index in [0.717, 1.165) is 0 Å². The normalized spacial score (nSPS) is 10.5. The van der Waals surface area contributed by atoms with Gasteiger partial charge in [0.05, 0.1) is 37.5 Å². The summed E-state index contributed by atoms with van der Waals surface area (Å²) in [4.78, 5) is 47.1. The topological polar surface area (TPSA) is 168 Å². The smallest absolute Gasteiger partial charge is 0.343 e. The van der Waals surface area contributed by atoms with Crippen LogP contribution in [0, 0.1) is 10.1 Å². The van der Waals surface area contributed by atoms with Crippen molar-refractivity contribution in [1.29, 1.82) is 0 Å². The van der Waals surface area contributed by atoms with Crippen molar-refractivity contribution in [2.45, 2.75) is 19.8 Å². The lowest BCUT2D eigenvalue weighted by Gasteiger charge is -2.12. The van der Waals surface area contributed by atoms with Gasteiger partial charge in [-0.15, -0.1) is 0 Å². The van der Waals surface area contributed by atoms with Gasteiger partial charge in [0.1, 0.15) is 0 Å². The fourth-order valence-corrected chi connectivity index (χ4v) is 3.60. The van der Waals surface area contributed by atoms with E-state index in [4.69, 9.17) is 18.9 Å². The van der Waals surface area contributed by atoms with Gasteiger partial charge < -0.3 is 24.3 Å². The molecule has 0 radical (unpaired) electrons. The van der Waals surface area contributed by atoms with E-state index < -0.39 is 16.8 Å². The van der Waals surface area contributed by atoms with Crippen molar-refractivity contribution in [3.05, 3.63) is 87.5 Å². The molecule has 42 heavy (non-hydrogen) atoms. The van der Waals surface area contributed by atoms with Gasteiger partial charge in [0.25, 0.3) is 11.6 Å². The molecule has 13 heteroatoms. The first-order valence-corrected chi connectivity index (χ1v) is 12.8. The third-order valence-corrected chi connectivity index (χ3v) is 5.70. The monoisotopic (exact) mass is 578 g/mol.